The maximum atomic E-state index is 11.8. The first-order valence-electron chi connectivity index (χ1n) is 7.70. The van der Waals surface area contributed by atoms with E-state index in [0.29, 0.717) is 18.8 Å². The van der Waals surface area contributed by atoms with Gasteiger partial charge in [-0.3, -0.25) is 4.79 Å². The monoisotopic (exact) mass is 305 g/mol. The molecule has 0 aromatic heterocycles. The van der Waals surface area contributed by atoms with Gasteiger partial charge in [0.25, 0.3) is 0 Å². The van der Waals surface area contributed by atoms with E-state index in [1.807, 2.05) is 30.3 Å². The third-order valence-corrected chi connectivity index (χ3v) is 4.47. The van der Waals surface area contributed by atoms with Crippen molar-refractivity contribution in [1.29, 1.82) is 0 Å². The van der Waals surface area contributed by atoms with E-state index < -0.39 is 17.5 Å². The van der Waals surface area contributed by atoms with Gasteiger partial charge in [-0.15, -0.1) is 0 Å². The van der Waals surface area contributed by atoms with Crippen LogP contribution in [0, 0.1) is 11.3 Å². The highest BCUT2D eigenvalue weighted by Crippen LogP contribution is 2.38. The molecule has 0 bridgehead atoms. The first-order valence-corrected chi connectivity index (χ1v) is 7.70. The van der Waals surface area contributed by atoms with Crippen LogP contribution in [0.15, 0.2) is 30.3 Å². The number of carboxylic acids is 1. The Bertz CT molecular complexity index is 507. The van der Waals surface area contributed by atoms with Gasteiger partial charge >= 0.3 is 12.1 Å². The Morgan fingerprint density at radius 2 is 1.91 bits per heavy atom. The van der Waals surface area contributed by atoms with Gasteiger partial charge in [-0.1, -0.05) is 37.3 Å². The molecular weight excluding hydrogens is 282 g/mol. The molecule has 1 fully saturated rings. The topological polar surface area (TPSA) is 75.6 Å². The number of carbonyl (C=O) groups is 2. The Balaban J connectivity index is 1.82. The summed E-state index contributed by atoms with van der Waals surface area (Å²) in [7, 11) is 0. The van der Waals surface area contributed by atoms with Crippen LogP contribution in [0.2, 0.25) is 0 Å². The van der Waals surface area contributed by atoms with Gasteiger partial charge < -0.3 is 15.2 Å². The van der Waals surface area contributed by atoms with Gasteiger partial charge in [0, 0.05) is 6.54 Å². The number of aliphatic carboxylic acids is 1. The Morgan fingerprint density at radius 3 is 2.50 bits per heavy atom. The molecule has 1 amide bonds. The van der Waals surface area contributed by atoms with Gasteiger partial charge in [0.1, 0.15) is 6.61 Å². The summed E-state index contributed by atoms with van der Waals surface area (Å²) in [6, 6.07) is 9.38. The lowest BCUT2D eigenvalue weighted by Gasteiger charge is -2.35. The summed E-state index contributed by atoms with van der Waals surface area (Å²) in [5.74, 6) is -0.278. The minimum Gasteiger partial charge on any atom is -0.481 e. The summed E-state index contributed by atoms with van der Waals surface area (Å²) in [6.45, 7) is 2.44. The summed E-state index contributed by atoms with van der Waals surface area (Å²) < 4.78 is 5.12. The Morgan fingerprint density at radius 1 is 1.27 bits per heavy atom. The smallest absolute Gasteiger partial charge is 0.407 e. The average Bonchev–Trinajstić information content (AvgIpc) is 2.53. The van der Waals surface area contributed by atoms with Crippen LogP contribution in [0.1, 0.15) is 38.2 Å². The lowest BCUT2D eigenvalue weighted by molar-refractivity contribution is -0.151. The van der Waals surface area contributed by atoms with Crippen molar-refractivity contribution in [1.82, 2.24) is 5.32 Å². The zero-order valence-electron chi connectivity index (χ0n) is 12.9. The number of alkyl carbamates (subject to hydrolysis) is 1. The van der Waals surface area contributed by atoms with Gasteiger partial charge in [-0.25, -0.2) is 4.79 Å². The highest BCUT2D eigenvalue weighted by molar-refractivity contribution is 5.76. The second kappa shape index (κ2) is 7.29. The number of ether oxygens (including phenoxy) is 1. The number of amides is 1. The lowest BCUT2D eigenvalue weighted by atomic mass is 9.71. The van der Waals surface area contributed by atoms with E-state index in [4.69, 9.17) is 4.74 Å². The minimum atomic E-state index is -0.849. The number of carboxylic acid groups (broad SMARTS) is 1. The molecule has 2 N–H and O–H groups in total. The van der Waals surface area contributed by atoms with Crippen LogP contribution in [0.3, 0.4) is 0 Å². The van der Waals surface area contributed by atoms with E-state index in [1.165, 1.54) is 0 Å². The standard InChI is InChI=1S/C17H23NO4/c1-13-7-9-17(10-8-13,15(19)20)12-18-16(21)22-11-14-5-3-2-4-6-14/h2-6,13H,7-12H2,1H3,(H,18,21)(H,19,20). The molecule has 2 rings (SSSR count). The highest BCUT2D eigenvalue weighted by atomic mass is 16.5. The lowest BCUT2D eigenvalue weighted by Crippen LogP contribution is -2.45. The molecular formula is C17H23NO4. The second-order valence-electron chi connectivity index (χ2n) is 6.18. The van der Waals surface area contributed by atoms with Crippen molar-refractivity contribution in [3.05, 3.63) is 35.9 Å². The molecule has 1 saturated carbocycles. The number of hydrogen-bond donors (Lipinski definition) is 2. The predicted molar refractivity (Wildman–Crippen MR) is 82.3 cm³/mol. The number of nitrogens with one attached hydrogen (secondary N) is 1. The maximum Gasteiger partial charge on any atom is 0.407 e. The summed E-state index contributed by atoms with van der Waals surface area (Å²) in [5.41, 5.74) is 0.0512. The van der Waals surface area contributed by atoms with Crippen LogP contribution >= 0.6 is 0 Å². The Kier molecular flexibility index (Phi) is 5.41. The molecule has 1 aromatic carbocycles. The Labute approximate surface area is 130 Å². The van der Waals surface area contributed by atoms with Crippen molar-refractivity contribution < 1.29 is 19.4 Å². The summed E-state index contributed by atoms with van der Waals surface area (Å²) >= 11 is 0. The average molecular weight is 305 g/mol. The van der Waals surface area contributed by atoms with E-state index in [1.54, 1.807) is 0 Å². The molecule has 5 nitrogen and oxygen atoms in total. The molecule has 0 spiro atoms. The van der Waals surface area contributed by atoms with Crippen molar-refractivity contribution >= 4 is 12.1 Å². The maximum absolute atomic E-state index is 11.8. The third kappa shape index (κ3) is 4.23. The number of carbonyl (C=O) groups excluding carboxylic acids is 1. The zero-order chi connectivity index (χ0) is 16.0. The zero-order valence-corrected chi connectivity index (χ0v) is 12.9. The van der Waals surface area contributed by atoms with Gasteiger partial charge in [0.05, 0.1) is 5.41 Å². The second-order valence-corrected chi connectivity index (χ2v) is 6.18. The van der Waals surface area contributed by atoms with Gasteiger partial charge in [-0.2, -0.15) is 0 Å². The van der Waals surface area contributed by atoms with Crippen molar-refractivity contribution in [3.63, 3.8) is 0 Å². The van der Waals surface area contributed by atoms with Crippen LogP contribution in [-0.2, 0) is 16.1 Å². The summed E-state index contributed by atoms with van der Waals surface area (Å²) in [4.78, 5) is 23.3. The fourth-order valence-corrected chi connectivity index (χ4v) is 2.80. The molecule has 5 heteroatoms. The number of rotatable bonds is 5. The fraction of sp³-hybridized carbons (Fsp3) is 0.529. The van der Waals surface area contributed by atoms with Crippen LogP contribution in [0.5, 0.6) is 0 Å². The van der Waals surface area contributed by atoms with Crippen molar-refractivity contribution in [2.45, 2.75) is 39.2 Å². The SMILES string of the molecule is CC1CCC(CNC(=O)OCc2ccccc2)(C(=O)O)CC1. The van der Waals surface area contributed by atoms with Crippen molar-refractivity contribution in [3.8, 4) is 0 Å². The van der Waals surface area contributed by atoms with Crippen molar-refractivity contribution in [2.24, 2.45) is 11.3 Å². The molecule has 1 aromatic rings. The quantitative estimate of drug-likeness (QED) is 0.876. The van der Waals surface area contributed by atoms with E-state index in [2.05, 4.69) is 12.2 Å². The van der Waals surface area contributed by atoms with Crippen LogP contribution in [0.25, 0.3) is 0 Å². The largest absolute Gasteiger partial charge is 0.481 e. The molecule has 0 radical (unpaired) electrons. The first kappa shape index (κ1) is 16.3. The molecule has 22 heavy (non-hydrogen) atoms. The number of hydrogen-bond acceptors (Lipinski definition) is 3. The van der Waals surface area contributed by atoms with E-state index in [9.17, 15) is 14.7 Å². The number of benzene rings is 1. The van der Waals surface area contributed by atoms with Crippen LogP contribution in [0.4, 0.5) is 4.79 Å². The summed E-state index contributed by atoms with van der Waals surface area (Å²) in [6.07, 6.45) is 2.40. The molecule has 0 aliphatic heterocycles. The Hall–Kier alpha value is -2.04. The van der Waals surface area contributed by atoms with Gasteiger partial charge in [0.15, 0.2) is 0 Å². The van der Waals surface area contributed by atoms with E-state index in [0.717, 1.165) is 18.4 Å². The molecule has 0 saturated heterocycles. The molecule has 0 unspecified atom stereocenters. The molecule has 0 heterocycles. The summed E-state index contributed by atoms with van der Waals surface area (Å²) in [5, 5.41) is 12.1. The predicted octanol–water partition coefficient (Wildman–Crippen LogP) is 3.19. The van der Waals surface area contributed by atoms with Crippen LogP contribution < -0.4 is 5.32 Å². The normalized spacial score (nSPS) is 24.5. The molecule has 120 valence electrons. The van der Waals surface area contributed by atoms with E-state index >= 15 is 0 Å². The van der Waals surface area contributed by atoms with Crippen LogP contribution in [-0.4, -0.2) is 23.7 Å². The first-order chi connectivity index (χ1) is 10.5. The van der Waals surface area contributed by atoms with Gasteiger partial charge in [-0.05, 0) is 37.2 Å². The van der Waals surface area contributed by atoms with Gasteiger partial charge in [0.2, 0.25) is 0 Å². The minimum absolute atomic E-state index is 0.128. The third-order valence-electron chi connectivity index (χ3n) is 4.47. The molecule has 1 aliphatic rings. The van der Waals surface area contributed by atoms with E-state index in [-0.39, 0.29) is 13.2 Å². The fourth-order valence-electron chi connectivity index (χ4n) is 2.80. The molecule has 0 atom stereocenters. The highest BCUT2D eigenvalue weighted by Gasteiger charge is 2.41. The molecule has 1 aliphatic carbocycles. The van der Waals surface area contributed by atoms with Crippen molar-refractivity contribution in [2.75, 3.05) is 6.54 Å².